The fraction of sp³-hybridized carbons (Fsp3) is 0.100. The van der Waals surface area contributed by atoms with E-state index >= 15 is 0 Å². The van der Waals surface area contributed by atoms with Crippen molar-refractivity contribution >= 4 is 39.5 Å². The van der Waals surface area contributed by atoms with Gasteiger partial charge in [0.15, 0.2) is 0 Å². The fourth-order valence-electron chi connectivity index (χ4n) is 2.08. The summed E-state index contributed by atoms with van der Waals surface area (Å²) in [6, 6.07) is 4.38. The number of nitrogens with one attached hydrogen (secondary N) is 3. The van der Waals surface area contributed by atoms with Crippen LogP contribution >= 0.6 is 15.9 Å². The number of fused-ring (bicyclic) bond motifs is 2. The Balaban J connectivity index is 2.26. The number of hydrogen-bond acceptors (Lipinski definition) is 3. The van der Waals surface area contributed by atoms with Crippen LogP contribution in [0.1, 0.15) is 5.56 Å². The van der Waals surface area contributed by atoms with E-state index in [2.05, 4.69) is 31.9 Å². The summed E-state index contributed by atoms with van der Waals surface area (Å²) >= 11 is 3.27. The lowest BCUT2D eigenvalue weighted by Crippen LogP contribution is -2.49. The number of benzene rings is 1. The van der Waals surface area contributed by atoms with Gasteiger partial charge in [0.05, 0.1) is 0 Å². The van der Waals surface area contributed by atoms with Crippen molar-refractivity contribution in [2.75, 3.05) is 5.32 Å². The van der Waals surface area contributed by atoms with E-state index in [-0.39, 0.29) is 0 Å². The van der Waals surface area contributed by atoms with Crippen molar-refractivity contribution < 1.29 is 14.4 Å². The standard InChI is InChI=1S/C10H6BrN3O3/c11-4-1-2-6-5(3-4)10(7(15)12-6)8(16)13-9(17)14-10/h1-3H,(H,12,15)(H2,13,14,16,17). The average molecular weight is 296 g/mol. The summed E-state index contributed by atoms with van der Waals surface area (Å²) in [5.41, 5.74) is -0.660. The molecule has 2 aliphatic rings. The molecule has 1 atom stereocenters. The van der Waals surface area contributed by atoms with Crippen LogP contribution in [-0.2, 0) is 15.1 Å². The van der Waals surface area contributed by atoms with Crippen molar-refractivity contribution in [2.45, 2.75) is 5.54 Å². The molecular weight excluding hydrogens is 290 g/mol. The minimum atomic E-state index is -1.63. The maximum atomic E-state index is 11.9. The predicted molar refractivity (Wildman–Crippen MR) is 61.1 cm³/mol. The molecule has 7 heteroatoms. The van der Waals surface area contributed by atoms with Crippen LogP contribution in [0.5, 0.6) is 0 Å². The number of carbonyl (C=O) groups excluding carboxylic acids is 3. The topological polar surface area (TPSA) is 87.3 Å². The van der Waals surface area contributed by atoms with E-state index in [0.29, 0.717) is 11.3 Å². The molecule has 1 saturated heterocycles. The molecule has 1 spiro atoms. The molecule has 17 heavy (non-hydrogen) atoms. The molecule has 0 bridgehead atoms. The Labute approximate surface area is 104 Å². The van der Waals surface area contributed by atoms with Gasteiger partial charge in [-0.15, -0.1) is 0 Å². The quantitative estimate of drug-likeness (QED) is 0.479. The number of rotatable bonds is 0. The van der Waals surface area contributed by atoms with Gasteiger partial charge in [-0.05, 0) is 18.2 Å². The van der Waals surface area contributed by atoms with E-state index < -0.39 is 23.4 Å². The Kier molecular flexibility index (Phi) is 1.86. The third-order valence-corrected chi connectivity index (χ3v) is 3.34. The monoisotopic (exact) mass is 295 g/mol. The van der Waals surface area contributed by atoms with Crippen LogP contribution in [0, 0.1) is 0 Å². The van der Waals surface area contributed by atoms with E-state index in [9.17, 15) is 14.4 Å². The van der Waals surface area contributed by atoms with Crippen LogP contribution in [-0.4, -0.2) is 17.8 Å². The van der Waals surface area contributed by atoms with Crippen LogP contribution in [0.2, 0.25) is 0 Å². The molecule has 4 amide bonds. The SMILES string of the molecule is O=C1NC(=O)C2(N1)C(=O)Nc1ccc(Br)cc12. The lowest BCUT2D eigenvalue weighted by atomic mass is 9.92. The summed E-state index contributed by atoms with van der Waals surface area (Å²) in [5, 5.41) is 7.03. The Morgan fingerprint density at radius 1 is 1.06 bits per heavy atom. The predicted octanol–water partition coefficient (Wildman–Crippen LogP) is 0.436. The summed E-state index contributed by atoms with van der Waals surface area (Å²) in [6.45, 7) is 0. The number of urea groups is 1. The average Bonchev–Trinajstić information content (AvgIpc) is 2.70. The van der Waals surface area contributed by atoms with Gasteiger partial charge in [-0.2, -0.15) is 0 Å². The number of amides is 4. The third kappa shape index (κ3) is 1.17. The zero-order chi connectivity index (χ0) is 12.2. The Hall–Kier alpha value is -1.89. The van der Waals surface area contributed by atoms with E-state index in [0.717, 1.165) is 4.47 Å². The normalized spacial score (nSPS) is 25.6. The van der Waals surface area contributed by atoms with Crippen molar-refractivity contribution in [1.29, 1.82) is 0 Å². The first kappa shape index (κ1) is 10.3. The molecule has 1 unspecified atom stereocenters. The molecule has 1 fully saturated rings. The van der Waals surface area contributed by atoms with Crippen LogP contribution in [0.15, 0.2) is 22.7 Å². The van der Waals surface area contributed by atoms with E-state index in [1.54, 1.807) is 18.2 Å². The molecule has 0 aromatic heterocycles. The van der Waals surface area contributed by atoms with Gasteiger partial charge in [-0.3, -0.25) is 14.9 Å². The lowest BCUT2D eigenvalue weighted by molar-refractivity contribution is -0.132. The number of anilines is 1. The van der Waals surface area contributed by atoms with Crippen LogP contribution in [0.3, 0.4) is 0 Å². The van der Waals surface area contributed by atoms with E-state index in [1.165, 1.54) is 0 Å². The highest BCUT2D eigenvalue weighted by Crippen LogP contribution is 2.39. The molecule has 1 aromatic carbocycles. The minimum Gasteiger partial charge on any atom is -0.323 e. The maximum Gasteiger partial charge on any atom is 0.323 e. The van der Waals surface area contributed by atoms with Gasteiger partial charge >= 0.3 is 6.03 Å². The van der Waals surface area contributed by atoms with Gasteiger partial charge in [-0.25, -0.2) is 4.79 Å². The lowest BCUT2D eigenvalue weighted by Gasteiger charge is -2.17. The molecule has 2 heterocycles. The summed E-state index contributed by atoms with van der Waals surface area (Å²) in [5.74, 6) is -1.20. The highest BCUT2D eigenvalue weighted by atomic mass is 79.9. The van der Waals surface area contributed by atoms with Gasteiger partial charge in [0.2, 0.25) is 5.54 Å². The molecule has 1 aromatic rings. The van der Waals surface area contributed by atoms with Gasteiger partial charge < -0.3 is 10.6 Å². The molecule has 0 radical (unpaired) electrons. The molecule has 0 saturated carbocycles. The van der Waals surface area contributed by atoms with Crippen molar-refractivity contribution in [3.05, 3.63) is 28.2 Å². The molecule has 3 N–H and O–H groups in total. The third-order valence-electron chi connectivity index (χ3n) is 2.84. The first-order valence-electron chi connectivity index (χ1n) is 4.79. The second kappa shape index (κ2) is 3.07. The highest BCUT2D eigenvalue weighted by Gasteiger charge is 2.58. The zero-order valence-corrected chi connectivity index (χ0v) is 9.92. The summed E-state index contributed by atoms with van der Waals surface area (Å²) in [6.07, 6.45) is 0. The number of halogens is 1. The zero-order valence-electron chi connectivity index (χ0n) is 8.33. The smallest absolute Gasteiger partial charge is 0.323 e. The van der Waals surface area contributed by atoms with Gasteiger partial charge in [-0.1, -0.05) is 15.9 Å². The molecule has 6 nitrogen and oxygen atoms in total. The van der Waals surface area contributed by atoms with Gasteiger partial charge in [0, 0.05) is 15.7 Å². The number of imide groups is 1. The van der Waals surface area contributed by atoms with Gasteiger partial charge in [0.1, 0.15) is 0 Å². The molecule has 0 aliphatic carbocycles. The number of carbonyl (C=O) groups is 3. The first-order chi connectivity index (χ1) is 8.04. The number of hydrogen-bond donors (Lipinski definition) is 3. The molecule has 86 valence electrons. The molecule has 3 rings (SSSR count). The Bertz CT molecular complexity index is 586. The van der Waals surface area contributed by atoms with Crippen molar-refractivity contribution in [3.63, 3.8) is 0 Å². The minimum absolute atomic E-state index is 0.445. The van der Waals surface area contributed by atoms with Crippen molar-refractivity contribution in [2.24, 2.45) is 0 Å². The van der Waals surface area contributed by atoms with Gasteiger partial charge in [0.25, 0.3) is 11.8 Å². The van der Waals surface area contributed by atoms with Crippen molar-refractivity contribution in [1.82, 2.24) is 10.6 Å². The highest BCUT2D eigenvalue weighted by molar-refractivity contribution is 9.10. The van der Waals surface area contributed by atoms with E-state index in [1.807, 2.05) is 0 Å². The molecule has 2 aliphatic heterocycles. The summed E-state index contributed by atoms with van der Waals surface area (Å²) in [4.78, 5) is 35.0. The van der Waals surface area contributed by atoms with Crippen LogP contribution in [0.25, 0.3) is 0 Å². The van der Waals surface area contributed by atoms with Crippen LogP contribution in [0.4, 0.5) is 10.5 Å². The van der Waals surface area contributed by atoms with Crippen LogP contribution < -0.4 is 16.0 Å². The second-order valence-electron chi connectivity index (χ2n) is 3.80. The second-order valence-corrected chi connectivity index (χ2v) is 4.72. The summed E-state index contributed by atoms with van der Waals surface area (Å²) in [7, 11) is 0. The fourth-order valence-corrected chi connectivity index (χ4v) is 2.44. The Morgan fingerprint density at radius 3 is 2.41 bits per heavy atom. The van der Waals surface area contributed by atoms with Crippen molar-refractivity contribution in [3.8, 4) is 0 Å². The molecular formula is C10H6BrN3O3. The largest absolute Gasteiger partial charge is 0.323 e. The maximum absolute atomic E-state index is 11.9. The summed E-state index contributed by atoms with van der Waals surface area (Å²) < 4.78 is 0.723. The Morgan fingerprint density at radius 2 is 1.76 bits per heavy atom. The van der Waals surface area contributed by atoms with E-state index in [4.69, 9.17) is 0 Å². The first-order valence-corrected chi connectivity index (χ1v) is 5.58.